The van der Waals surface area contributed by atoms with E-state index in [1.54, 1.807) is 0 Å². The molecule has 0 saturated heterocycles. The van der Waals surface area contributed by atoms with Gasteiger partial charge in [0.25, 0.3) is 0 Å². The molecule has 0 amide bonds. The average Bonchev–Trinajstić information content (AvgIpc) is 2.46. The molecule has 2 rings (SSSR count). The number of carbonyl (C=O) groups is 1. The van der Waals surface area contributed by atoms with Gasteiger partial charge in [0, 0.05) is 6.04 Å². The molecule has 0 bridgehead atoms. The fraction of sp³-hybridized carbons (Fsp3) is 0.316. The van der Waals surface area contributed by atoms with Crippen LogP contribution in [0.5, 0.6) is 0 Å². The van der Waals surface area contributed by atoms with Crippen LogP contribution in [0.4, 0.5) is 0 Å². The highest BCUT2D eigenvalue weighted by Crippen LogP contribution is 2.23. The highest BCUT2D eigenvalue weighted by Gasteiger charge is 2.19. The minimum atomic E-state index is -0.478. The van der Waals surface area contributed by atoms with Gasteiger partial charge in [0.2, 0.25) is 0 Å². The van der Waals surface area contributed by atoms with Gasteiger partial charge in [0.05, 0.1) is 6.42 Å². The molecule has 0 radical (unpaired) electrons. The highest BCUT2D eigenvalue weighted by molar-refractivity contribution is 5.71. The van der Waals surface area contributed by atoms with Crippen molar-refractivity contribution in [2.24, 2.45) is 5.73 Å². The lowest BCUT2D eigenvalue weighted by Crippen LogP contribution is -2.26. The minimum absolute atomic E-state index is 0.182. The molecule has 0 aromatic heterocycles. The van der Waals surface area contributed by atoms with Crippen LogP contribution in [0.15, 0.2) is 54.6 Å². The number of hydrogen-bond acceptors (Lipinski definition) is 3. The minimum Gasteiger partial charge on any atom is -0.460 e. The highest BCUT2D eigenvalue weighted by atomic mass is 16.6. The Morgan fingerprint density at radius 3 is 2.09 bits per heavy atom. The van der Waals surface area contributed by atoms with E-state index in [1.165, 1.54) is 0 Å². The molecule has 2 aromatic rings. The number of rotatable bonds is 4. The van der Waals surface area contributed by atoms with Crippen molar-refractivity contribution in [2.45, 2.75) is 38.8 Å². The van der Waals surface area contributed by atoms with Crippen molar-refractivity contribution in [3.63, 3.8) is 0 Å². The number of carbonyl (C=O) groups excluding carboxylic acids is 1. The van der Waals surface area contributed by atoms with E-state index in [0.717, 1.165) is 16.7 Å². The summed E-state index contributed by atoms with van der Waals surface area (Å²) in [6.07, 6.45) is 0.182. The lowest BCUT2D eigenvalue weighted by Gasteiger charge is -2.21. The Bertz CT molecular complexity index is 612. The molecule has 22 heavy (non-hydrogen) atoms. The Kier molecular flexibility index (Phi) is 4.99. The second-order valence-electron chi connectivity index (χ2n) is 6.39. The Hall–Kier alpha value is -2.13. The monoisotopic (exact) mass is 297 g/mol. The Morgan fingerprint density at radius 1 is 1.00 bits per heavy atom. The number of hydrogen-bond donors (Lipinski definition) is 1. The smallest absolute Gasteiger partial charge is 0.308 e. The third-order valence-corrected chi connectivity index (χ3v) is 3.25. The largest absolute Gasteiger partial charge is 0.460 e. The molecule has 0 aliphatic heterocycles. The molecule has 0 spiro atoms. The summed E-state index contributed by atoms with van der Waals surface area (Å²) in [6.45, 7) is 5.56. The Balaban J connectivity index is 2.02. The van der Waals surface area contributed by atoms with Gasteiger partial charge in [0.1, 0.15) is 5.60 Å². The molecule has 0 saturated carbocycles. The number of esters is 1. The van der Waals surface area contributed by atoms with E-state index in [2.05, 4.69) is 12.1 Å². The first-order valence-corrected chi connectivity index (χ1v) is 7.48. The van der Waals surface area contributed by atoms with E-state index in [-0.39, 0.29) is 18.4 Å². The van der Waals surface area contributed by atoms with Gasteiger partial charge in [-0.05, 0) is 37.5 Å². The predicted octanol–water partition coefficient (Wildman–Crippen LogP) is 4.09. The molecule has 0 fully saturated rings. The van der Waals surface area contributed by atoms with Crippen molar-refractivity contribution < 1.29 is 9.53 Å². The van der Waals surface area contributed by atoms with Crippen LogP contribution in [0.2, 0.25) is 0 Å². The summed E-state index contributed by atoms with van der Waals surface area (Å²) in [4.78, 5) is 11.8. The standard InChI is InChI=1S/C19H23NO2/c1-19(2,3)22-18(21)13-17(20)16-11-9-15(10-12-16)14-7-5-4-6-8-14/h4-12,17H,13,20H2,1-3H3. The number of ether oxygens (including phenoxy) is 1. The van der Waals surface area contributed by atoms with Gasteiger partial charge in [-0.15, -0.1) is 0 Å². The van der Waals surface area contributed by atoms with Gasteiger partial charge in [-0.25, -0.2) is 0 Å². The van der Waals surface area contributed by atoms with Crippen LogP contribution in [-0.2, 0) is 9.53 Å². The second-order valence-corrected chi connectivity index (χ2v) is 6.39. The summed E-state index contributed by atoms with van der Waals surface area (Å²) in [5.74, 6) is -0.271. The Morgan fingerprint density at radius 2 is 1.55 bits per heavy atom. The molecule has 3 nitrogen and oxygen atoms in total. The molecular weight excluding hydrogens is 274 g/mol. The van der Waals surface area contributed by atoms with Crippen molar-refractivity contribution in [1.29, 1.82) is 0 Å². The van der Waals surface area contributed by atoms with Crippen LogP contribution in [0.3, 0.4) is 0 Å². The lowest BCUT2D eigenvalue weighted by atomic mass is 9.99. The van der Waals surface area contributed by atoms with E-state index in [4.69, 9.17) is 10.5 Å². The molecular formula is C19H23NO2. The lowest BCUT2D eigenvalue weighted by molar-refractivity contribution is -0.155. The van der Waals surface area contributed by atoms with Crippen molar-refractivity contribution >= 4 is 5.97 Å². The second kappa shape index (κ2) is 6.75. The van der Waals surface area contributed by atoms with Crippen molar-refractivity contribution in [1.82, 2.24) is 0 Å². The van der Waals surface area contributed by atoms with Crippen LogP contribution >= 0.6 is 0 Å². The van der Waals surface area contributed by atoms with Gasteiger partial charge in [0.15, 0.2) is 0 Å². The molecule has 2 N–H and O–H groups in total. The summed E-state index contributed by atoms with van der Waals surface area (Å²) in [5.41, 5.74) is 8.86. The quantitative estimate of drug-likeness (QED) is 0.865. The number of nitrogens with two attached hydrogens (primary N) is 1. The first-order chi connectivity index (χ1) is 10.3. The van der Waals surface area contributed by atoms with Gasteiger partial charge in [-0.2, -0.15) is 0 Å². The molecule has 1 atom stereocenters. The van der Waals surface area contributed by atoms with Crippen LogP contribution in [-0.4, -0.2) is 11.6 Å². The van der Waals surface area contributed by atoms with Crippen molar-refractivity contribution in [3.8, 4) is 11.1 Å². The molecule has 116 valence electrons. The van der Waals surface area contributed by atoms with Crippen molar-refractivity contribution in [2.75, 3.05) is 0 Å². The third-order valence-electron chi connectivity index (χ3n) is 3.25. The zero-order valence-electron chi connectivity index (χ0n) is 13.4. The van der Waals surface area contributed by atoms with E-state index in [0.29, 0.717) is 0 Å². The van der Waals surface area contributed by atoms with E-state index >= 15 is 0 Å². The first-order valence-electron chi connectivity index (χ1n) is 7.48. The van der Waals surface area contributed by atoms with Crippen LogP contribution < -0.4 is 5.73 Å². The average molecular weight is 297 g/mol. The summed E-state index contributed by atoms with van der Waals surface area (Å²) in [6, 6.07) is 17.8. The molecule has 0 aliphatic rings. The normalized spacial score (nSPS) is 12.7. The zero-order chi connectivity index (χ0) is 16.2. The zero-order valence-corrected chi connectivity index (χ0v) is 13.4. The topological polar surface area (TPSA) is 52.3 Å². The molecule has 1 unspecified atom stereocenters. The van der Waals surface area contributed by atoms with Crippen LogP contribution in [0, 0.1) is 0 Å². The van der Waals surface area contributed by atoms with Crippen LogP contribution in [0.25, 0.3) is 11.1 Å². The molecule has 0 heterocycles. The summed E-state index contributed by atoms with van der Waals surface area (Å²) in [7, 11) is 0. The van der Waals surface area contributed by atoms with E-state index < -0.39 is 5.60 Å². The SMILES string of the molecule is CC(C)(C)OC(=O)CC(N)c1ccc(-c2ccccc2)cc1. The van der Waals surface area contributed by atoms with Gasteiger partial charge in [-0.3, -0.25) is 4.79 Å². The summed E-state index contributed by atoms with van der Waals surface area (Å²) in [5, 5.41) is 0. The molecule has 2 aromatic carbocycles. The fourth-order valence-corrected chi connectivity index (χ4v) is 2.23. The maximum Gasteiger partial charge on any atom is 0.308 e. The molecule has 0 aliphatic carbocycles. The van der Waals surface area contributed by atoms with Gasteiger partial charge in [-0.1, -0.05) is 54.6 Å². The summed E-state index contributed by atoms with van der Waals surface area (Å²) < 4.78 is 5.30. The predicted molar refractivity (Wildman–Crippen MR) is 89.3 cm³/mol. The van der Waals surface area contributed by atoms with Gasteiger partial charge < -0.3 is 10.5 Å². The third kappa shape index (κ3) is 4.71. The summed E-state index contributed by atoms with van der Waals surface area (Å²) >= 11 is 0. The maximum absolute atomic E-state index is 11.8. The van der Waals surface area contributed by atoms with E-state index in [9.17, 15) is 4.79 Å². The molecule has 3 heteroatoms. The number of benzene rings is 2. The maximum atomic E-state index is 11.8. The van der Waals surface area contributed by atoms with Crippen LogP contribution in [0.1, 0.15) is 38.8 Å². The fourth-order valence-electron chi connectivity index (χ4n) is 2.23. The Labute approximate surface area is 132 Å². The van der Waals surface area contributed by atoms with Crippen molar-refractivity contribution in [3.05, 3.63) is 60.2 Å². The first kappa shape index (κ1) is 16.2. The van der Waals surface area contributed by atoms with E-state index in [1.807, 2.05) is 63.2 Å². The van der Waals surface area contributed by atoms with Gasteiger partial charge >= 0.3 is 5.97 Å².